The lowest BCUT2D eigenvalue weighted by molar-refractivity contribution is -0.167. The van der Waals surface area contributed by atoms with Gasteiger partial charge in [0.1, 0.15) is 29.5 Å². The van der Waals surface area contributed by atoms with E-state index in [-0.39, 0.29) is 19.8 Å². The molecule has 0 aromatic heterocycles. The number of nitrogens with zero attached hydrogens (tertiary/aromatic N) is 1. The maximum absolute atomic E-state index is 13.4. The smallest absolute Gasteiger partial charge is 0.420 e. The van der Waals surface area contributed by atoms with E-state index in [1.54, 1.807) is 48.5 Å². The summed E-state index contributed by atoms with van der Waals surface area (Å²) in [6.07, 6.45) is 5.35. The Morgan fingerprint density at radius 1 is 0.868 bits per heavy atom. The highest BCUT2D eigenvalue weighted by molar-refractivity contribution is 5.94. The van der Waals surface area contributed by atoms with Crippen LogP contribution in [0.2, 0.25) is 0 Å². The Bertz CT molecular complexity index is 782. The normalized spacial score (nSPS) is 23.4. The van der Waals surface area contributed by atoms with Gasteiger partial charge in [-0.05, 0) is 61.3 Å². The van der Waals surface area contributed by atoms with Crippen molar-refractivity contribution in [1.82, 2.24) is 4.90 Å². The number of carbonyl (C=O) groups is 3. The number of allylic oxidation sites excluding steroid dienone is 2. The Morgan fingerprint density at radius 3 is 1.84 bits per heavy atom. The number of ether oxygens (including phenoxy) is 6. The first-order chi connectivity index (χ1) is 17.7. The van der Waals surface area contributed by atoms with E-state index in [0.717, 1.165) is 12.8 Å². The van der Waals surface area contributed by atoms with Crippen molar-refractivity contribution in [1.29, 1.82) is 0 Å². The van der Waals surface area contributed by atoms with Crippen LogP contribution in [0, 0.1) is 0 Å². The molecule has 0 bridgehead atoms. The highest BCUT2D eigenvalue weighted by atomic mass is 16.6. The van der Waals surface area contributed by atoms with Gasteiger partial charge in [-0.2, -0.15) is 4.90 Å². The molecule has 1 aliphatic rings. The molecule has 0 spiro atoms. The molecule has 2 amide bonds. The minimum absolute atomic E-state index is 0.0378. The Kier molecular flexibility index (Phi) is 14.0. The molecule has 1 aliphatic heterocycles. The summed E-state index contributed by atoms with van der Waals surface area (Å²) in [5.74, 6) is -0.849. The molecule has 0 radical (unpaired) electrons. The molecule has 38 heavy (non-hydrogen) atoms. The average Bonchev–Trinajstić information content (AvgIpc) is 2.82. The van der Waals surface area contributed by atoms with Crippen molar-refractivity contribution in [2.45, 2.75) is 111 Å². The van der Waals surface area contributed by atoms with Crippen LogP contribution in [0.5, 0.6) is 0 Å². The molecule has 10 nitrogen and oxygen atoms in total. The van der Waals surface area contributed by atoms with Crippen molar-refractivity contribution >= 4 is 18.2 Å². The van der Waals surface area contributed by atoms with Gasteiger partial charge in [-0.25, -0.2) is 14.4 Å². The number of amides is 2. The number of esters is 1. The molecule has 4 atom stereocenters. The second kappa shape index (κ2) is 15.9. The number of imide groups is 1. The average molecular weight is 542 g/mol. The molecule has 1 rings (SSSR count). The fourth-order valence-electron chi connectivity index (χ4n) is 3.42. The van der Waals surface area contributed by atoms with Gasteiger partial charge in [-0.1, -0.05) is 38.2 Å². The third-order valence-corrected chi connectivity index (χ3v) is 5.05. The van der Waals surface area contributed by atoms with Crippen molar-refractivity contribution < 1.29 is 42.8 Å². The molecular formula is C28H47NO9. The molecule has 1 saturated heterocycles. The minimum Gasteiger partial charge on any atom is -0.458 e. The van der Waals surface area contributed by atoms with E-state index in [1.165, 1.54) is 0 Å². The molecule has 0 aromatic rings. The topological polar surface area (TPSA) is 110 Å². The molecule has 1 heterocycles. The first-order valence-corrected chi connectivity index (χ1v) is 13.3. The number of cyclic esters (lactones) is 1. The second-order valence-electron chi connectivity index (χ2n) is 11.0. The monoisotopic (exact) mass is 541 g/mol. The maximum atomic E-state index is 13.4. The van der Waals surface area contributed by atoms with E-state index in [2.05, 4.69) is 0 Å². The van der Waals surface area contributed by atoms with Gasteiger partial charge in [0, 0.05) is 0 Å². The molecule has 4 unspecified atom stereocenters. The van der Waals surface area contributed by atoms with Crippen molar-refractivity contribution in [3.05, 3.63) is 24.3 Å². The van der Waals surface area contributed by atoms with Crippen LogP contribution < -0.4 is 0 Å². The zero-order valence-electron chi connectivity index (χ0n) is 24.5. The van der Waals surface area contributed by atoms with Gasteiger partial charge >= 0.3 is 18.2 Å². The SMILES string of the molecule is CCC=CCOC1COCC(N(C(=O)OC(C)(C)C)C(=O)OC(C)(C)C)C(=O)OC(C)C1OCC=CCC. The van der Waals surface area contributed by atoms with Crippen LogP contribution in [0.1, 0.15) is 75.2 Å². The second-order valence-corrected chi connectivity index (χ2v) is 11.0. The largest absolute Gasteiger partial charge is 0.458 e. The van der Waals surface area contributed by atoms with E-state index >= 15 is 0 Å². The summed E-state index contributed by atoms with van der Waals surface area (Å²) in [5.41, 5.74) is -1.85. The molecular weight excluding hydrogens is 494 g/mol. The van der Waals surface area contributed by atoms with E-state index in [0.29, 0.717) is 11.5 Å². The first kappa shape index (κ1) is 33.6. The van der Waals surface area contributed by atoms with Gasteiger partial charge < -0.3 is 28.4 Å². The van der Waals surface area contributed by atoms with Gasteiger partial charge in [-0.15, -0.1) is 0 Å². The maximum Gasteiger partial charge on any atom is 0.420 e. The molecule has 0 aromatic carbocycles. The van der Waals surface area contributed by atoms with Crippen LogP contribution in [0.15, 0.2) is 24.3 Å². The Labute approximate surface area is 227 Å². The van der Waals surface area contributed by atoms with Crippen LogP contribution >= 0.6 is 0 Å². The molecule has 218 valence electrons. The zero-order chi connectivity index (χ0) is 28.9. The van der Waals surface area contributed by atoms with Crippen molar-refractivity contribution in [2.24, 2.45) is 0 Å². The molecule has 1 fully saturated rings. The lowest BCUT2D eigenvalue weighted by Crippen LogP contribution is -2.54. The summed E-state index contributed by atoms with van der Waals surface area (Å²) in [6.45, 7) is 16.0. The number of hydrogen-bond acceptors (Lipinski definition) is 9. The van der Waals surface area contributed by atoms with E-state index in [1.807, 2.05) is 38.2 Å². The zero-order valence-corrected chi connectivity index (χ0v) is 24.5. The van der Waals surface area contributed by atoms with Crippen molar-refractivity contribution in [2.75, 3.05) is 26.4 Å². The Balaban J connectivity index is 3.30. The summed E-state index contributed by atoms with van der Waals surface area (Å²) in [7, 11) is 0. The third kappa shape index (κ3) is 12.4. The van der Waals surface area contributed by atoms with Gasteiger partial charge in [0.15, 0.2) is 6.04 Å². The quantitative estimate of drug-likeness (QED) is 0.221. The highest BCUT2D eigenvalue weighted by Crippen LogP contribution is 2.22. The fourth-order valence-corrected chi connectivity index (χ4v) is 3.42. The van der Waals surface area contributed by atoms with Gasteiger partial charge in [0.05, 0.1) is 26.4 Å². The van der Waals surface area contributed by atoms with Gasteiger partial charge in [0.25, 0.3) is 0 Å². The summed E-state index contributed by atoms with van der Waals surface area (Å²) >= 11 is 0. The summed E-state index contributed by atoms with van der Waals surface area (Å²) in [4.78, 5) is 40.2. The third-order valence-electron chi connectivity index (χ3n) is 5.05. The van der Waals surface area contributed by atoms with Crippen molar-refractivity contribution in [3.8, 4) is 0 Å². The lowest BCUT2D eigenvalue weighted by atomic mass is 10.1. The summed E-state index contributed by atoms with van der Waals surface area (Å²) in [5, 5.41) is 0. The molecule has 10 heteroatoms. The lowest BCUT2D eigenvalue weighted by Gasteiger charge is -2.32. The van der Waals surface area contributed by atoms with Crippen LogP contribution in [0.3, 0.4) is 0 Å². The Hall–Kier alpha value is -2.43. The number of carbonyl (C=O) groups excluding carboxylic acids is 3. The molecule has 0 N–H and O–H groups in total. The van der Waals surface area contributed by atoms with Crippen molar-refractivity contribution in [3.63, 3.8) is 0 Å². The summed E-state index contributed by atoms with van der Waals surface area (Å²) < 4.78 is 34.5. The van der Waals surface area contributed by atoms with Gasteiger partial charge in [-0.3, -0.25) is 0 Å². The van der Waals surface area contributed by atoms with E-state index in [9.17, 15) is 14.4 Å². The van der Waals surface area contributed by atoms with Crippen LogP contribution in [0.4, 0.5) is 9.59 Å². The predicted molar refractivity (Wildman–Crippen MR) is 143 cm³/mol. The highest BCUT2D eigenvalue weighted by Gasteiger charge is 2.44. The Morgan fingerprint density at radius 2 is 1.37 bits per heavy atom. The van der Waals surface area contributed by atoms with Crippen LogP contribution in [0.25, 0.3) is 0 Å². The molecule has 0 saturated carbocycles. The molecule has 0 aliphatic carbocycles. The van der Waals surface area contributed by atoms with Crippen LogP contribution in [-0.4, -0.2) is 85.0 Å². The summed E-state index contributed by atoms with van der Waals surface area (Å²) in [6, 6.07) is -1.44. The van der Waals surface area contributed by atoms with E-state index < -0.39 is 53.7 Å². The van der Waals surface area contributed by atoms with Gasteiger partial charge in [0.2, 0.25) is 0 Å². The number of rotatable bonds is 9. The standard InChI is InChI=1S/C28H47NO9/c1-10-12-14-16-34-22-19-33-18-21(24(30)36-20(3)23(22)35-17-15-13-11-2)29(25(31)37-27(4,5)6)26(32)38-28(7,8)9/h12-15,20-23H,10-11,16-19H2,1-9H3. The minimum atomic E-state index is -1.44. The first-order valence-electron chi connectivity index (χ1n) is 13.3. The fraction of sp³-hybridized carbons (Fsp3) is 0.750. The van der Waals surface area contributed by atoms with E-state index in [4.69, 9.17) is 28.4 Å². The predicted octanol–water partition coefficient (Wildman–Crippen LogP) is 5.19. The van der Waals surface area contributed by atoms with Crippen LogP contribution in [-0.2, 0) is 33.2 Å². The number of hydrogen-bond donors (Lipinski definition) is 0.